The van der Waals surface area contributed by atoms with Crippen molar-refractivity contribution in [2.24, 2.45) is 0 Å². The van der Waals surface area contributed by atoms with E-state index in [4.69, 9.17) is 4.74 Å². The maximum Gasteiger partial charge on any atom is 0.226 e. The first kappa shape index (κ1) is 20.9. The van der Waals surface area contributed by atoms with Gasteiger partial charge in [0.15, 0.2) is 0 Å². The minimum Gasteiger partial charge on any atom is -0.493 e. The molecule has 154 valence electrons. The van der Waals surface area contributed by atoms with Gasteiger partial charge in [-0.1, -0.05) is 48.0 Å². The average molecular weight is 395 g/mol. The molecule has 0 N–H and O–H groups in total. The molecule has 2 amide bonds. The Hall–Kier alpha value is -2.82. The van der Waals surface area contributed by atoms with Crippen LogP contribution in [0.3, 0.4) is 0 Å². The van der Waals surface area contributed by atoms with Crippen molar-refractivity contribution in [3.05, 3.63) is 65.7 Å². The van der Waals surface area contributed by atoms with E-state index in [-0.39, 0.29) is 11.8 Å². The monoisotopic (exact) mass is 394 g/mol. The third-order valence-corrected chi connectivity index (χ3v) is 5.28. The Morgan fingerprint density at radius 1 is 0.828 bits per heavy atom. The molecule has 1 saturated heterocycles. The van der Waals surface area contributed by atoms with Crippen LogP contribution in [0.1, 0.15) is 30.4 Å². The Morgan fingerprint density at radius 3 is 2.10 bits per heavy atom. The lowest BCUT2D eigenvalue weighted by Gasteiger charge is -2.22. The summed E-state index contributed by atoms with van der Waals surface area (Å²) in [6.07, 6.45) is 2.45. The van der Waals surface area contributed by atoms with Crippen molar-refractivity contribution in [1.82, 2.24) is 9.80 Å². The Bertz CT molecular complexity index is 790. The molecule has 0 radical (unpaired) electrons. The highest BCUT2D eigenvalue weighted by Gasteiger charge is 2.21. The maximum absolute atomic E-state index is 12.6. The first-order valence-electron chi connectivity index (χ1n) is 10.4. The molecule has 0 atom stereocenters. The van der Waals surface area contributed by atoms with Crippen molar-refractivity contribution < 1.29 is 14.3 Å². The van der Waals surface area contributed by atoms with Crippen molar-refractivity contribution >= 4 is 11.8 Å². The molecule has 5 heteroatoms. The number of aryl methyl sites for hydroxylation is 2. The van der Waals surface area contributed by atoms with Gasteiger partial charge in [-0.15, -0.1) is 0 Å². The number of rotatable bonds is 7. The van der Waals surface area contributed by atoms with Gasteiger partial charge in [0.1, 0.15) is 5.75 Å². The normalized spacial score (nSPS) is 14.4. The van der Waals surface area contributed by atoms with Gasteiger partial charge in [-0.3, -0.25) is 9.59 Å². The van der Waals surface area contributed by atoms with E-state index in [0.717, 1.165) is 25.1 Å². The predicted octanol–water partition coefficient (Wildman–Crippen LogP) is 3.46. The summed E-state index contributed by atoms with van der Waals surface area (Å²) in [6, 6.07) is 17.9. The maximum atomic E-state index is 12.6. The van der Waals surface area contributed by atoms with E-state index in [1.807, 2.05) is 40.1 Å². The summed E-state index contributed by atoms with van der Waals surface area (Å²) in [5.74, 6) is 1.05. The van der Waals surface area contributed by atoms with E-state index in [1.54, 1.807) is 0 Å². The van der Waals surface area contributed by atoms with Crippen LogP contribution in [0.2, 0.25) is 0 Å². The van der Waals surface area contributed by atoms with Crippen LogP contribution < -0.4 is 4.74 Å². The summed E-state index contributed by atoms with van der Waals surface area (Å²) in [5.41, 5.74) is 2.42. The summed E-state index contributed by atoms with van der Waals surface area (Å²) < 4.78 is 5.63. The van der Waals surface area contributed by atoms with Gasteiger partial charge < -0.3 is 14.5 Å². The molecule has 0 bridgehead atoms. The predicted molar refractivity (Wildman–Crippen MR) is 114 cm³/mol. The third kappa shape index (κ3) is 6.63. The van der Waals surface area contributed by atoms with Crippen LogP contribution in [0.4, 0.5) is 0 Å². The van der Waals surface area contributed by atoms with Crippen LogP contribution in [-0.2, 0) is 16.0 Å². The molecule has 2 aromatic carbocycles. The fourth-order valence-corrected chi connectivity index (χ4v) is 3.51. The van der Waals surface area contributed by atoms with E-state index in [0.29, 0.717) is 39.1 Å². The van der Waals surface area contributed by atoms with Gasteiger partial charge in [0.25, 0.3) is 0 Å². The lowest BCUT2D eigenvalue weighted by Crippen LogP contribution is -2.37. The van der Waals surface area contributed by atoms with Gasteiger partial charge in [-0.05, 0) is 37.5 Å². The molecule has 1 fully saturated rings. The second-order valence-electron chi connectivity index (χ2n) is 7.51. The first-order valence-corrected chi connectivity index (χ1v) is 10.4. The Balaban J connectivity index is 1.40. The molecular weight excluding hydrogens is 364 g/mol. The topological polar surface area (TPSA) is 49.9 Å². The van der Waals surface area contributed by atoms with Crippen LogP contribution in [0.15, 0.2) is 54.6 Å². The fraction of sp³-hybridized carbons (Fsp3) is 0.417. The highest BCUT2D eigenvalue weighted by Crippen LogP contribution is 2.12. The minimum absolute atomic E-state index is 0.0925. The van der Waals surface area contributed by atoms with Crippen molar-refractivity contribution in [1.29, 1.82) is 0 Å². The fourth-order valence-electron chi connectivity index (χ4n) is 3.51. The van der Waals surface area contributed by atoms with E-state index in [9.17, 15) is 9.59 Å². The number of benzene rings is 2. The molecule has 1 heterocycles. The van der Waals surface area contributed by atoms with E-state index >= 15 is 0 Å². The summed E-state index contributed by atoms with van der Waals surface area (Å²) in [5, 5.41) is 0. The third-order valence-electron chi connectivity index (χ3n) is 5.28. The number of carbonyl (C=O) groups excluding carboxylic acids is 2. The highest BCUT2D eigenvalue weighted by molar-refractivity contribution is 5.78. The van der Waals surface area contributed by atoms with Gasteiger partial charge in [0.2, 0.25) is 11.8 Å². The summed E-state index contributed by atoms with van der Waals surface area (Å²) in [4.78, 5) is 28.9. The standard InChI is InChI=1S/C24H30N2O3/c1-20-8-10-21(11-9-20)12-13-23(27)25-15-5-16-26(18-17-25)24(28)14-19-29-22-6-3-2-4-7-22/h2-4,6-11H,5,12-19H2,1H3. The van der Waals surface area contributed by atoms with Crippen molar-refractivity contribution in [3.8, 4) is 5.75 Å². The SMILES string of the molecule is Cc1ccc(CCC(=O)N2CCCN(C(=O)CCOc3ccccc3)CC2)cc1. The molecule has 3 rings (SSSR count). The zero-order valence-corrected chi connectivity index (χ0v) is 17.2. The molecular formula is C24H30N2O3. The van der Waals surface area contributed by atoms with Crippen LogP contribution in [0.25, 0.3) is 0 Å². The largest absolute Gasteiger partial charge is 0.493 e. The quantitative estimate of drug-likeness (QED) is 0.723. The molecule has 0 saturated carbocycles. The second kappa shape index (κ2) is 10.6. The Labute approximate surface area is 173 Å². The van der Waals surface area contributed by atoms with Crippen molar-refractivity contribution in [2.75, 3.05) is 32.8 Å². The average Bonchev–Trinajstić information content (AvgIpc) is 3.00. The van der Waals surface area contributed by atoms with Gasteiger partial charge in [0, 0.05) is 32.6 Å². The van der Waals surface area contributed by atoms with Gasteiger partial charge in [0.05, 0.1) is 13.0 Å². The molecule has 0 aliphatic carbocycles. The van der Waals surface area contributed by atoms with Crippen LogP contribution in [0, 0.1) is 6.92 Å². The van der Waals surface area contributed by atoms with Gasteiger partial charge in [-0.25, -0.2) is 0 Å². The van der Waals surface area contributed by atoms with Gasteiger partial charge >= 0.3 is 0 Å². The number of hydrogen-bond donors (Lipinski definition) is 0. The van der Waals surface area contributed by atoms with Crippen molar-refractivity contribution in [2.45, 2.75) is 32.6 Å². The lowest BCUT2D eigenvalue weighted by molar-refractivity contribution is -0.133. The summed E-state index contributed by atoms with van der Waals surface area (Å²) in [6.45, 7) is 5.06. The minimum atomic E-state index is 0.0925. The van der Waals surface area contributed by atoms with E-state index < -0.39 is 0 Å². The van der Waals surface area contributed by atoms with Gasteiger partial charge in [-0.2, -0.15) is 0 Å². The highest BCUT2D eigenvalue weighted by atomic mass is 16.5. The molecule has 1 aliphatic heterocycles. The van der Waals surface area contributed by atoms with E-state index in [2.05, 4.69) is 31.2 Å². The number of para-hydroxylation sites is 1. The van der Waals surface area contributed by atoms with Crippen LogP contribution in [0.5, 0.6) is 5.75 Å². The number of hydrogen-bond acceptors (Lipinski definition) is 3. The molecule has 29 heavy (non-hydrogen) atoms. The van der Waals surface area contributed by atoms with Crippen LogP contribution >= 0.6 is 0 Å². The van der Waals surface area contributed by atoms with E-state index in [1.165, 1.54) is 11.1 Å². The first-order chi connectivity index (χ1) is 14.1. The summed E-state index contributed by atoms with van der Waals surface area (Å²) >= 11 is 0. The summed E-state index contributed by atoms with van der Waals surface area (Å²) in [7, 11) is 0. The zero-order chi connectivity index (χ0) is 20.5. The number of ether oxygens (including phenoxy) is 1. The Morgan fingerprint density at radius 2 is 1.45 bits per heavy atom. The Kier molecular flexibility index (Phi) is 7.68. The molecule has 0 aromatic heterocycles. The number of amides is 2. The number of carbonyl (C=O) groups is 2. The second-order valence-corrected chi connectivity index (χ2v) is 7.51. The smallest absolute Gasteiger partial charge is 0.226 e. The van der Waals surface area contributed by atoms with Crippen LogP contribution in [-0.4, -0.2) is 54.4 Å². The molecule has 2 aromatic rings. The molecule has 0 spiro atoms. The molecule has 1 aliphatic rings. The zero-order valence-electron chi connectivity index (χ0n) is 17.2. The molecule has 5 nitrogen and oxygen atoms in total. The number of nitrogens with zero attached hydrogens (tertiary/aromatic N) is 2. The molecule has 0 unspecified atom stereocenters. The van der Waals surface area contributed by atoms with Crippen molar-refractivity contribution in [3.63, 3.8) is 0 Å². The lowest BCUT2D eigenvalue weighted by atomic mass is 10.1.